The van der Waals surface area contributed by atoms with E-state index in [-0.39, 0.29) is 5.60 Å². The summed E-state index contributed by atoms with van der Waals surface area (Å²) in [5, 5.41) is 0. The van der Waals surface area contributed by atoms with Crippen molar-refractivity contribution in [1.29, 1.82) is 0 Å². The fourth-order valence-corrected chi connectivity index (χ4v) is 3.82. The van der Waals surface area contributed by atoms with Gasteiger partial charge in [-0.1, -0.05) is 13.0 Å². The molecule has 0 aromatic rings. The van der Waals surface area contributed by atoms with Crippen molar-refractivity contribution in [1.82, 2.24) is 0 Å². The second kappa shape index (κ2) is 4.98. The van der Waals surface area contributed by atoms with Gasteiger partial charge in [0, 0.05) is 6.42 Å². The Hall–Kier alpha value is -0.283. The highest BCUT2D eigenvalue weighted by Gasteiger charge is 2.32. The highest BCUT2D eigenvalue weighted by Crippen LogP contribution is 2.21. The van der Waals surface area contributed by atoms with Crippen LogP contribution in [0.4, 0.5) is 0 Å². The molecule has 0 aliphatic rings. The lowest BCUT2D eigenvalue weighted by Gasteiger charge is -2.32. The molecule has 2 nitrogen and oxygen atoms in total. The first kappa shape index (κ1) is 13.7. The maximum atomic E-state index is 5.94. The predicted octanol–water partition coefficient (Wildman–Crippen LogP) is 3.83. The summed E-state index contributed by atoms with van der Waals surface area (Å²) in [5.74, 6) is 1.03. The first-order valence-corrected chi connectivity index (χ1v) is 8.06. The molecule has 0 fully saturated rings. The van der Waals surface area contributed by atoms with E-state index in [0.29, 0.717) is 0 Å². The minimum Gasteiger partial charge on any atom is -0.524 e. The maximum Gasteiger partial charge on any atom is 0.392 e. The lowest BCUT2D eigenvalue weighted by atomic mass is 10.2. The SMILES string of the molecule is C/C=C(/CC)O[Si](C)(C)OC(C)(C)C. The quantitative estimate of drug-likeness (QED) is 0.525. The van der Waals surface area contributed by atoms with Crippen molar-refractivity contribution in [3.63, 3.8) is 0 Å². The van der Waals surface area contributed by atoms with Crippen LogP contribution in [-0.2, 0) is 8.85 Å². The van der Waals surface area contributed by atoms with Crippen LogP contribution in [0.1, 0.15) is 41.0 Å². The van der Waals surface area contributed by atoms with Crippen LogP contribution in [0.5, 0.6) is 0 Å². The van der Waals surface area contributed by atoms with Crippen molar-refractivity contribution in [3.8, 4) is 0 Å². The molecule has 84 valence electrons. The summed E-state index contributed by atoms with van der Waals surface area (Å²) in [6.45, 7) is 14.4. The van der Waals surface area contributed by atoms with Gasteiger partial charge < -0.3 is 8.85 Å². The van der Waals surface area contributed by atoms with Gasteiger partial charge in [0.05, 0.1) is 11.4 Å². The Labute approximate surface area is 89.6 Å². The molecule has 0 rings (SSSR count). The third-order valence-corrected chi connectivity index (χ3v) is 3.46. The summed E-state index contributed by atoms with van der Waals surface area (Å²) in [6, 6.07) is 0. The molecule has 0 saturated heterocycles. The van der Waals surface area contributed by atoms with Gasteiger partial charge in [0.15, 0.2) is 0 Å². The summed E-state index contributed by atoms with van der Waals surface area (Å²) in [7, 11) is -2.01. The average Bonchev–Trinajstić information content (AvgIpc) is 1.95. The fraction of sp³-hybridized carbons (Fsp3) is 0.818. The molecule has 0 spiro atoms. The molecule has 0 aromatic heterocycles. The van der Waals surface area contributed by atoms with Crippen LogP contribution in [0.3, 0.4) is 0 Å². The molecule has 0 atom stereocenters. The van der Waals surface area contributed by atoms with E-state index in [1.54, 1.807) is 0 Å². The highest BCUT2D eigenvalue weighted by molar-refractivity contribution is 6.64. The molecule has 0 N–H and O–H groups in total. The van der Waals surface area contributed by atoms with Gasteiger partial charge in [0.2, 0.25) is 0 Å². The Kier molecular flexibility index (Phi) is 4.88. The first-order valence-electron chi connectivity index (χ1n) is 5.24. The largest absolute Gasteiger partial charge is 0.524 e. The first-order chi connectivity index (χ1) is 6.20. The molecule has 3 heteroatoms. The van der Waals surface area contributed by atoms with Crippen LogP contribution in [0, 0.1) is 0 Å². The third-order valence-electron chi connectivity index (χ3n) is 1.60. The van der Waals surface area contributed by atoms with Gasteiger partial charge in [-0.2, -0.15) is 0 Å². The van der Waals surface area contributed by atoms with Crippen molar-refractivity contribution < 1.29 is 8.85 Å². The zero-order chi connectivity index (χ0) is 11.4. The second-order valence-electron chi connectivity index (χ2n) is 4.82. The van der Waals surface area contributed by atoms with E-state index < -0.39 is 8.56 Å². The molecule has 0 unspecified atom stereocenters. The van der Waals surface area contributed by atoms with Gasteiger partial charge in [0.1, 0.15) is 0 Å². The minimum absolute atomic E-state index is 0.123. The molecular weight excluding hydrogens is 192 g/mol. The van der Waals surface area contributed by atoms with Crippen molar-refractivity contribution in [2.24, 2.45) is 0 Å². The fourth-order valence-electron chi connectivity index (χ4n) is 1.41. The van der Waals surface area contributed by atoms with Crippen LogP contribution < -0.4 is 0 Å². The highest BCUT2D eigenvalue weighted by atomic mass is 28.4. The summed E-state index contributed by atoms with van der Waals surface area (Å²) < 4.78 is 11.8. The van der Waals surface area contributed by atoms with E-state index in [0.717, 1.165) is 12.2 Å². The van der Waals surface area contributed by atoms with E-state index in [9.17, 15) is 0 Å². The van der Waals surface area contributed by atoms with Gasteiger partial charge in [-0.15, -0.1) is 0 Å². The van der Waals surface area contributed by atoms with E-state index in [1.807, 2.05) is 13.0 Å². The van der Waals surface area contributed by atoms with Crippen molar-refractivity contribution in [2.75, 3.05) is 0 Å². The average molecular weight is 216 g/mol. The molecule has 0 bridgehead atoms. The lowest BCUT2D eigenvalue weighted by Crippen LogP contribution is -2.41. The molecule has 0 radical (unpaired) electrons. The van der Waals surface area contributed by atoms with E-state index >= 15 is 0 Å². The number of rotatable bonds is 4. The number of allylic oxidation sites excluding steroid dienone is 2. The van der Waals surface area contributed by atoms with Crippen molar-refractivity contribution in [2.45, 2.75) is 59.7 Å². The molecule has 0 amide bonds. The van der Waals surface area contributed by atoms with Gasteiger partial charge in [-0.05, 0) is 40.8 Å². The van der Waals surface area contributed by atoms with Gasteiger partial charge >= 0.3 is 8.56 Å². The van der Waals surface area contributed by atoms with Crippen molar-refractivity contribution in [3.05, 3.63) is 11.8 Å². The predicted molar refractivity (Wildman–Crippen MR) is 63.5 cm³/mol. The zero-order valence-electron chi connectivity index (χ0n) is 10.6. The monoisotopic (exact) mass is 216 g/mol. The third kappa shape index (κ3) is 6.21. The Morgan fingerprint density at radius 2 is 1.79 bits per heavy atom. The Balaban J connectivity index is 4.34. The number of hydrogen-bond donors (Lipinski definition) is 0. The maximum absolute atomic E-state index is 5.94. The summed E-state index contributed by atoms with van der Waals surface area (Å²) in [6.07, 6.45) is 2.95. The summed E-state index contributed by atoms with van der Waals surface area (Å²) >= 11 is 0. The van der Waals surface area contributed by atoms with Gasteiger partial charge in [-0.3, -0.25) is 0 Å². The smallest absolute Gasteiger partial charge is 0.392 e. The molecule has 0 heterocycles. The normalized spacial score (nSPS) is 14.4. The molecule has 0 aromatic carbocycles. The van der Waals surface area contributed by atoms with E-state index in [4.69, 9.17) is 8.85 Å². The van der Waals surface area contributed by atoms with Gasteiger partial charge in [0.25, 0.3) is 0 Å². The molecule has 14 heavy (non-hydrogen) atoms. The zero-order valence-corrected chi connectivity index (χ0v) is 11.6. The number of hydrogen-bond acceptors (Lipinski definition) is 2. The Morgan fingerprint density at radius 3 is 2.07 bits per heavy atom. The Bertz CT molecular complexity index is 202. The van der Waals surface area contributed by atoms with E-state index in [1.165, 1.54) is 0 Å². The standard InChI is InChI=1S/C11H24O2Si/c1-8-10(9-2)12-14(6,7)13-11(3,4)5/h8H,9H2,1-7H3/b10-8-. The topological polar surface area (TPSA) is 18.5 Å². The van der Waals surface area contributed by atoms with Crippen LogP contribution in [0.2, 0.25) is 13.1 Å². The second-order valence-corrected chi connectivity index (χ2v) is 8.03. The van der Waals surface area contributed by atoms with Crippen LogP contribution in [0.15, 0.2) is 11.8 Å². The van der Waals surface area contributed by atoms with Crippen LogP contribution >= 0.6 is 0 Å². The van der Waals surface area contributed by atoms with Crippen molar-refractivity contribution >= 4 is 8.56 Å². The molecular formula is C11H24O2Si. The molecule has 0 saturated carbocycles. The summed E-state index contributed by atoms with van der Waals surface area (Å²) in [5.41, 5.74) is -0.123. The Morgan fingerprint density at radius 1 is 1.29 bits per heavy atom. The molecule has 0 aliphatic heterocycles. The minimum atomic E-state index is -2.01. The van der Waals surface area contributed by atoms with Crippen LogP contribution in [0.25, 0.3) is 0 Å². The summed E-state index contributed by atoms with van der Waals surface area (Å²) in [4.78, 5) is 0. The molecule has 0 aliphatic carbocycles. The van der Waals surface area contributed by atoms with E-state index in [2.05, 4.69) is 40.8 Å². The van der Waals surface area contributed by atoms with Gasteiger partial charge in [-0.25, -0.2) is 0 Å². The van der Waals surface area contributed by atoms with Crippen LogP contribution in [-0.4, -0.2) is 14.2 Å². The lowest BCUT2D eigenvalue weighted by molar-refractivity contribution is 0.0815.